The highest BCUT2D eigenvalue weighted by Gasteiger charge is 2.17. The van der Waals surface area contributed by atoms with Crippen LogP contribution in [0.4, 0.5) is 5.69 Å². The molecule has 48 heavy (non-hydrogen) atoms. The first-order valence-corrected chi connectivity index (χ1v) is 16.0. The molecule has 0 radical (unpaired) electrons. The second-order valence-corrected chi connectivity index (χ2v) is 11.3. The minimum Gasteiger partial charge on any atom is -0.388 e. The summed E-state index contributed by atoms with van der Waals surface area (Å²) in [6, 6.07) is 41.0. The van der Waals surface area contributed by atoms with Crippen molar-refractivity contribution < 1.29 is 0 Å². The van der Waals surface area contributed by atoms with Crippen LogP contribution in [0.3, 0.4) is 0 Å². The summed E-state index contributed by atoms with van der Waals surface area (Å²) in [5, 5.41) is 5.51. The van der Waals surface area contributed by atoms with Gasteiger partial charge >= 0.3 is 0 Å². The minimum absolute atomic E-state index is 0.569. The van der Waals surface area contributed by atoms with Gasteiger partial charge in [0.1, 0.15) is 0 Å². The quantitative estimate of drug-likeness (QED) is 0.170. The summed E-state index contributed by atoms with van der Waals surface area (Å²) < 4.78 is 0. The molecule has 0 amide bonds. The number of rotatable bonds is 8. The first kappa shape index (κ1) is 30.4. The third-order valence-electron chi connectivity index (χ3n) is 8.20. The number of fused-ring (bicyclic) bond motifs is 1. The Morgan fingerprint density at radius 1 is 0.583 bits per heavy atom. The van der Waals surface area contributed by atoms with Gasteiger partial charge in [-0.25, -0.2) is 19.9 Å². The molecule has 1 N–H and O–H groups in total. The molecule has 6 nitrogen and oxygen atoms in total. The molecule has 4 aromatic carbocycles. The van der Waals surface area contributed by atoms with Crippen LogP contribution in [0.25, 0.3) is 73.0 Å². The Morgan fingerprint density at radius 3 is 1.83 bits per heavy atom. The molecule has 0 unspecified atom stereocenters. The Morgan fingerprint density at radius 2 is 1.19 bits per heavy atom. The highest BCUT2D eigenvalue weighted by molar-refractivity contribution is 5.96. The molecule has 0 atom stereocenters. The third kappa shape index (κ3) is 6.24. The van der Waals surface area contributed by atoms with Gasteiger partial charge in [-0.3, -0.25) is 4.98 Å². The summed E-state index contributed by atoms with van der Waals surface area (Å²) >= 11 is 0. The van der Waals surface area contributed by atoms with Crippen LogP contribution in [0.1, 0.15) is 19.5 Å². The molecule has 6 heteroatoms. The number of benzene rings is 4. The average Bonchev–Trinajstić information content (AvgIpc) is 3.16. The molecule has 0 saturated carbocycles. The van der Waals surface area contributed by atoms with Crippen LogP contribution in [0.15, 0.2) is 146 Å². The molecule has 0 aliphatic heterocycles. The van der Waals surface area contributed by atoms with E-state index in [9.17, 15) is 0 Å². The van der Waals surface area contributed by atoms with Gasteiger partial charge in [0.05, 0.1) is 17.1 Å². The fourth-order valence-corrected chi connectivity index (χ4v) is 5.81. The van der Waals surface area contributed by atoms with Gasteiger partial charge in [-0.05, 0) is 61.2 Å². The molecule has 3 heterocycles. The predicted octanol–water partition coefficient (Wildman–Crippen LogP) is 10.2. The lowest BCUT2D eigenvalue weighted by atomic mass is 9.97. The van der Waals surface area contributed by atoms with Gasteiger partial charge in [0.2, 0.25) is 0 Å². The first-order chi connectivity index (χ1) is 23.6. The van der Waals surface area contributed by atoms with E-state index < -0.39 is 0 Å². The van der Waals surface area contributed by atoms with Crippen LogP contribution < -0.4 is 5.32 Å². The lowest BCUT2D eigenvalue weighted by Gasteiger charge is -2.14. The lowest BCUT2D eigenvalue weighted by molar-refractivity contribution is 1.07. The Kier molecular flexibility index (Phi) is 8.62. The SMILES string of the molecule is C/C=C\C(=C/C)c1cc(NC)cc(-c2cc(-c3nc(-c4ccccc4)nc(-c4ccccc4)n3)cc(-c3nccc4ccccc34)c2)n1. The molecule has 7 aromatic rings. The van der Waals surface area contributed by atoms with Crippen molar-refractivity contribution in [3.63, 3.8) is 0 Å². The van der Waals surface area contributed by atoms with Crippen molar-refractivity contribution in [3.8, 4) is 56.7 Å². The predicted molar refractivity (Wildman–Crippen MR) is 198 cm³/mol. The van der Waals surface area contributed by atoms with E-state index in [0.29, 0.717) is 17.5 Å². The van der Waals surface area contributed by atoms with Gasteiger partial charge in [-0.15, -0.1) is 0 Å². The Hall–Kier alpha value is -6.27. The minimum atomic E-state index is 0.569. The van der Waals surface area contributed by atoms with E-state index in [0.717, 1.165) is 66.9 Å². The van der Waals surface area contributed by atoms with Gasteiger partial charge < -0.3 is 5.32 Å². The summed E-state index contributed by atoms with van der Waals surface area (Å²) in [4.78, 5) is 25.1. The van der Waals surface area contributed by atoms with Gasteiger partial charge in [0, 0.05) is 52.1 Å². The molecule has 232 valence electrons. The monoisotopic (exact) mass is 622 g/mol. The van der Waals surface area contributed by atoms with Crippen molar-refractivity contribution in [1.29, 1.82) is 0 Å². The van der Waals surface area contributed by atoms with Crippen molar-refractivity contribution >= 4 is 22.0 Å². The highest BCUT2D eigenvalue weighted by atomic mass is 15.0. The molecule has 0 bridgehead atoms. The van der Waals surface area contributed by atoms with Gasteiger partial charge in [-0.1, -0.05) is 103 Å². The second-order valence-electron chi connectivity index (χ2n) is 11.3. The zero-order valence-corrected chi connectivity index (χ0v) is 27.1. The van der Waals surface area contributed by atoms with Gasteiger partial charge in [-0.2, -0.15) is 0 Å². The number of hydrogen-bond donors (Lipinski definition) is 1. The number of allylic oxidation sites excluding steroid dienone is 4. The Labute approximate surface area is 280 Å². The van der Waals surface area contributed by atoms with Crippen LogP contribution in [-0.4, -0.2) is 32.0 Å². The topological polar surface area (TPSA) is 76.5 Å². The smallest absolute Gasteiger partial charge is 0.164 e. The lowest BCUT2D eigenvalue weighted by Crippen LogP contribution is -2.01. The number of nitrogens with one attached hydrogen (secondary N) is 1. The number of anilines is 1. The van der Waals surface area contributed by atoms with Gasteiger partial charge in [0.15, 0.2) is 17.5 Å². The molecule has 7 rings (SSSR count). The first-order valence-electron chi connectivity index (χ1n) is 16.0. The van der Waals surface area contributed by atoms with Crippen molar-refractivity contribution in [1.82, 2.24) is 24.9 Å². The maximum Gasteiger partial charge on any atom is 0.164 e. The fourth-order valence-electron chi connectivity index (χ4n) is 5.81. The van der Waals surface area contributed by atoms with Crippen molar-refractivity contribution in [2.24, 2.45) is 0 Å². The Balaban J connectivity index is 1.50. The molecule has 0 spiro atoms. The fraction of sp³-hybridized carbons (Fsp3) is 0.0714. The number of aromatic nitrogens is 5. The summed E-state index contributed by atoms with van der Waals surface area (Å²) in [6.07, 6.45) is 8.05. The largest absolute Gasteiger partial charge is 0.388 e. The van der Waals surface area contributed by atoms with Crippen LogP contribution in [0.5, 0.6) is 0 Å². The molecular formula is C42H34N6. The van der Waals surface area contributed by atoms with Crippen LogP contribution in [-0.2, 0) is 0 Å². The van der Waals surface area contributed by atoms with Crippen LogP contribution in [0.2, 0.25) is 0 Å². The van der Waals surface area contributed by atoms with Crippen molar-refractivity contribution in [3.05, 3.63) is 151 Å². The number of hydrogen-bond acceptors (Lipinski definition) is 6. The molecule has 0 fully saturated rings. The average molecular weight is 623 g/mol. The van der Waals surface area contributed by atoms with Gasteiger partial charge in [0.25, 0.3) is 0 Å². The Bertz CT molecular complexity index is 2230. The number of pyridine rings is 2. The van der Waals surface area contributed by atoms with E-state index in [4.69, 9.17) is 24.9 Å². The zero-order valence-electron chi connectivity index (χ0n) is 27.1. The summed E-state index contributed by atoms with van der Waals surface area (Å²) in [7, 11) is 1.93. The summed E-state index contributed by atoms with van der Waals surface area (Å²) in [5.74, 6) is 1.78. The third-order valence-corrected chi connectivity index (χ3v) is 8.20. The maximum atomic E-state index is 5.17. The van der Waals surface area contributed by atoms with E-state index in [1.807, 2.05) is 112 Å². The van der Waals surface area contributed by atoms with E-state index in [-0.39, 0.29) is 0 Å². The zero-order chi connectivity index (χ0) is 32.9. The van der Waals surface area contributed by atoms with Crippen LogP contribution >= 0.6 is 0 Å². The van der Waals surface area contributed by atoms with E-state index in [1.165, 1.54) is 0 Å². The maximum absolute atomic E-state index is 5.17. The summed E-state index contributed by atoms with van der Waals surface area (Å²) in [5.41, 5.74) is 9.14. The molecular weight excluding hydrogens is 589 g/mol. The number of nitrogens with zero attached hydrogens (tertiary/aromatic N) is 5. The highest BCUT2D eigenvalue weighted by Crippen LogP contribution is 2.36. The van der Waals surface area contributed by atoms with Crippen LogP contribution in [0, 0.1) is 0 Å². The van der Waals surface area contributed by atoms with E-state index in [1.54, 1.807) is 0 Å². The normalized spacial score (nSPS) is 11.7. The molecule has 3 aromatic heterocycles. The van der Waals surface area contributed by atoms with Crippen molar-refractivity contribution in [2.45, 2.75) is 13.8 Å². The molecule has 0 aliphatic carbocycles. The second kappa shape index (κ2) is 13.6. The summed E-state index contributed by atoms with van der Waals surface area (Å²) in [6.45, 7) is 4.05. The van der Waals surface area contributed by atoms with E-state index in [2.05, 4.69) is 59.9 Å². The molecule has 0 aliphatic rings. The van der Waals surface area contributed by atoms with Crippen molar-refractivity contribution in [2.75, 3.05) is 12.4 Å². The van der Waals surface area contributed by atoms with E-state index >= 15 is 0 Å². The standard InChI is InChI=1S/C42H34N6/c1-4-14-28(5-2)37-26-35(43-3)27-38(45-37)32-23-33(39-36-20-13-12-15-29(36)21-22-44-39)25-34(24-32)42-47-40(30-16-8-6-9-17-30)46-41(48-42)31-18-10-7-11-19-31/h4-27H,1-3H3,(H,43,45)/b14-4-,28-5+. The molecule has 0 saturated heterocycles.